The molecule has 0 aliphatic heterocycles. The van der Waals surface area contributed by atoms with Crippen LogP contribution in [0.1, 0.15) is 29.3 Å². The van der Waals surface area contributed by atoms with Gasteiger partial charge in [0.15, 0.2) is 0 Å². The molecule has 0 spiro atoms. The number of aryl methyl sites for hydroxylation is 2. The zero-order chi connectivity index (χ0) is 12.8. The standard InChI is InChI=1S/C15H19N3/c1-12-5-7-14(11-18-12)15(16-2)8-6-13-4-3-9-17-10-13/h3-5,7,9-11,15-16H,6,8H2,1-2H3. The molecule has 2 aromatic heterocycles. The third-order valence-corrected chi connectivity index (χ3v) is 3.13. The van der Waals surface area contributed by atoms with Gasteiger partial charge in [0.05, 0.1) is 0 Å². The minimum Gasteiger partial charge on any atom is -0.313 e. The third kappa shape index (κ3) is 3.37. The van der Waals surface area contributed by atoms with Gasteiger partial charge in [0.2, 0.25) is 0 Å². The van der Waals surface area contributed by atoms with Crippen LogP contribution in [-0.2, 0) is 6.42 Å². The van der Waals surface area contributed by atoms with Crippen molar-refractivity contribution in [1.82, 2.24) is 15.3 Å². The van der Waals surface area contributed by atoms with Gasteiger partial charge < -0.3 is 5.32 Å². The largest absolute Gasteiger partial charge is 0.313 e. The fraction of sp³-hybridized carbons (Fsp3) is 0.333. The van der Waals surface area contributed by atoms with E-state index in [1.807, 2.05) is 38.6 Å². The van der Waals surface area contributed by atoms with Crippen LogP contribution in [0.15, 0.2) is 42.9 Å². The summed E-state index contributed by atoms with van der Waals surface area (Å²) in [6.45, 7) is 2.01. The lowest BCUT2D eigenvalue weighted by molar-refractivity contribution is 0.547. The predicted octanol–water partition coefficient (Wildman–Crippen LogP) is 2.68. The molecule has 0 saturated carbocycles. The average molecular weight is 241 g/mol. The molecule has 3 heteroatoms. The average Bonchev–Trinajstić information content (AvgIpc) is 2.42. The summed E-state index contributed by atoms with van der Waals surface area (Å²) in [6.07, 6.45) is 7.77. The van der Waals surface area contributed by atoms with Crippen molar-refractivity contribution in [3.8, 4) is 0 Å². The Balaban J connectivity index is 1.99. The van der Waals surface area contributed by atoms with Gasteiger partial charge in [-0.1, -0.05) is 12.1 Å². The first kappa shape index (κ1) is 12.7. The van der Waals surface area contributed by atoms with Gasteiger partial charge in [-0.3, -0.25) is 9.97 Å². The highest BCUT2D eigenvalue weighted by molar-refractivity contribution is 5.18. The maximum Gasteiger partial charge on any atom is 0.0372 e. The fourth-order valence-corrected chi connectivity index (χ4v) is 2.02. The van der Waals surface area contributed by atoms with Gasteiger partial charge in [-0.05, 0) is 50.1 Å². The molecule has 3 nitrogen and oxygen atoms in total. The molecule has 94 valence electrons. The molecule has 1 unspecified atom stereocenters. The van der Waals surface area contributed by atoms with Crippen LogP contribution in [0.3, 0.4) is 0 Å². The van der Waals surface area contributed by atoms with Crippen molar-refractivity contribution in [3.05, 3.63) is 59.7 Å². The molecule has 0 fully saturated rings. The highest BCUT2D eigenvalue weighted by Gasteiger charge is 2.09. The summed E-state index contributed by atoms with van der Waals surface area (Å²) in [7, 11) is 1.99. The van der Waals surface area contributed by atoms with Gasteiger partial charge in [0.1, 0.15) is 0 Å². The summed E-state index contributed by atoms with van der Waals surface area (Å²) in [6, 6.07) is 8.65. The maximum absolute atomic E-state index is 4.35. The molecule has 0 aliphatic carbocycles. The van der Waals surface area contributed by atoms with Crippen LogP contribution >= 0.6 is 0 Å². The highest BCUT2D eigenvalue weighted by Crippen LogP contribution is 2.18. The van der Waals surface area contributed by atoms with Gasteiger partial charge >= 0.3 is 0 Å². The van der Waals surface area contributed by atoms with Crippen molar-refractivity contribution in [2.24, 2.45) is 0 Å². The molecule has 0 bridgehead atoms. The molecule has 0 radical (unpaired) electrons. The van der Waals surface area contributed by atoms with E-state index in [-0.39, 0.29) is 0 Å². The van der Waals surface area contributed by atoms with Crippen LogP contribution in [0, 0.1) is 6.92 Å². The lowest BCUT2D eigenvalue weighted by atomic mass is 10.0. The Morgan fingerprint density at radius 1 is 1.22 bits per heavy atom. The van der Waals surface area contributed by atoms with Crippen LogP contribution in [-0.4, -0.2) is 17.0 Å². The molecule has 0 aromatic carbocycles. The van der Waals surface area contributed by atoms with Crippen molar-refractivity contribution in [1.29, 1.82) is 0 Å². The smallest absolute Gasteiger partial charge is 0.0372 e. The Morgan fingerprint density at radius 2 is 2.11 bits per heavy atom. The number of nitrogens with zero attached hydrogens (tertiary/aromatic N) is 2. The molecule has 0 aliphatic rings. The van der Waals surface area contributed by atoms with Crippen molar-refractivity contribution in [2.75, 3.05) is 7.05 Å². The molecular formula is C15H19N3. The Kier molecular flexibility index (Phi) is 4.42. The van der Waals surface area contributed by atoms with E-state index in [2.05, 4.69) is 33.5 Å². The van der Waals surface area contributed by atoms with Crippen LogP contribution in [0.4, 0.5) is 0 Å². The Hall–Kier alpha value is -1.74. The second-order valence-corrected chi connectivity index (χ2v) is 4.47. The van der Waals surface area contributed by atoms with Crippen molar-refractivity contribution in [2.45, 2.75) is 25.8 Å². The SMILES string of the molecule is CNC(CCc1cccnc1)c1ccc(C)nc1. The number of aromatic nitrogens is 2. The maximum atomic E-state index is 4.35. The number of hydrogen-bond donors (Lipinski definition) is 1. The molecule has 18 heavy (non-hydrogen) atoms. The minimum absolute atomic E-state index is 0.346. The molecule has 2 heterocycles. The van der Waals surface area contributed by atoms with Gasteiger partial charge in [0, 0.05) is 30.3 Å². The van der Waals surface area contributed by atoms with E-state index < -0.39 is 0 Å². The fourth-order valence-electron chi connectivity index (χ4n) is 2.02. The third-order valence-electron chi connectivity index (χ3n) is 3.13. The molecule has 1 N–H and O–H groups in total. The summed E-state index contributed by atoms with van der Waals surface area (Å²) in [5, 5.41) is 3.35. The summed E-state index contributed by atoms with van der Waals surface area (Å²) >= 11 is 0. The second-order valence-electron chi connectivity index (χ2n) is 4.47. The van der Waals surface area contributed by atoms with Crippen LogP contribution in [0.25, 0.3) is 0 Å². The summed E-state index contributed by atoms with van der Waals surface area (Å²) in [4.78, 5) is 8.49. The summed E-state index contributed by atoms with van der Waals surface area (Å²) < 4.78 is 0. The van der Waals surface area contributed by atoms with E-state index >= 15 is 0 Å². The van der Waals surface area contributed by atoms with E-state index in [4.69, 9.17) is 0 Å². The Morgan fingerprint density at radius 3 is 2.72 bits per heavy atom. The van der Waals surface area contributed by atoms with E-state index in [0.717, 1.165) is 18.5 Å². The van der Waals surface area contributed by atoms with Gasteiger partial charge in [-0.15, -0.1) is 0 Å². The van der Waals surface area contributed by atoms with Crippen LogP contribution < -0.4 is 5.32 Å². The summed E-state index contributed by atoms with van der Waals surface area (Å²) in [5.41, 5.74) is 3.57. The monoisotopic (exact) mass is 241 g/mol. The molecule has 1 atom stereocenters. The number of hydrogen-bond acceptors (Lipinski definition) is 3. The lowest BCUT2D eigenvalue weighted by Crippen LogP contribution is -2.17. The highest BCUT2D eigenvalue weighted by atomic mass is 14.9. The second kappa shape index (κ2) is 6.26. The van der Waals surface area contributed by atoms with E-state index in [1.165, 1.54) is 11.1 Å². The van der Waals surface area contributed by atoms with Gasteiger partial charge in [-0.2, -0.15) is 0 Å². The van der Waals surface area contributed by atoms with E-state index in [9.17, 15) is 0 Å². The van der Waals surface area contributed by atoms with Crippen molar-refractivity contribution >= 4 is 0 Å². The van der Waals surface area contributed by atoms with E-state index in [1.54, 1.807) is 0 Å². The van der Waals surface area contributed by atoms with Crippen LogP contribution in [0.5, 0.6) is 0 Å². The van der Waals surface area contributed by atoms with Crippen LogP contribution in [0.2, 0.25) is 0 Å². The predicted molar refractivity (Wildman–Crippen MR) is 73.3 cm³/mol. The Bertz CT molecular complexity index is 465. The first-order chi connectivity index (χ1) is 8.79. The Labute approximate surface area is 108 Å². The lowest BCUT2D eigenvalue weighted by Gasteiger charge is -2.16. The normalized spacial score (nSPS) is 12.3. The van der Waals surface area contributed by atoms with E-state index in [0.29, 0.717) is 6.04 Å². The first-order valence-corrected chi connectivity index (χ1v) is 6.28. The first-order valence-electron chi connectivity index (χ1n) is 6.28. The molecule has 2 aromatic rings. The molecule has 2 rings (SSSR count). The minimum atomic E-state index is 0.346. The number of pyridine rings is 2. The number of rotatable bonds is 5. The molecular weight excluding hydrogens is 222 g/mol. The summed E-state index contributed by atoms with van der Waals surface area (Å²) in [5.74, 6) is 0. The molecule has 0 saturated heterocycles. The van der Waals surface area contributed by atoms with Crippen molar-refractivity contribution < 1.29 is 0 Å². The van der Waals surface area contributed by atoms with Gasteiger partial charge in [0.25, 0.3) is 0 Å². The van der Waals surface area contributed by atoms with Gasteiger partial charge in [-0.25, -0.2) is 0 Å². The van der Waals surface area contributed by atoms with Crippen molar-refractivity contribution in [3.63, 3.8) is 0 Å². The molecule has 0 amide bonds. The number of nitrogens with one attached hydrogen (secondary N) is 1. The topological polar surface area (TPSA) is 37.8 Å². The zero-order valence-corrected chi connectivity index (χ0v) is 10.9. The quantitative estimate of drug-likeness (QED) is 0.874. The zero-order valence-electron chi connectivity index (χ0n) is 10.9.